The molecule has 124 valence electrons. The third kappa shape index (κ3) is 2.86. The topological polar surface area (TPSA) is 68.8 Å². The Morgan fingerprint density at radius 3 is 2.96 bits per heavy atom. The van der Waals surface area contributed by atoms with E-state index in [0.29, 0.717) is 26.5 Å². The van der Waals surface area contributed by atoms with Crippen molar-refractivity contribution in [3.05, 3.63) is 29.0 Å². The van der Waals surface area contributed by atoms with Gasteiger partial charge >= 0.3 is 5.97 Å². The van der Waals surface area contributed by atoms with Crippen molar-refractivity contribution < 1.29 is 19.0 Å². The Kier molecular flexibility index (Phi) is 4.43. The second kappa shape index (κ2) is 6.50. The molecule has 1 unspecified atom stereocenters. The van der Waals surface area contributed by atoms with Crippen molar-refractivity contribution in [3.63, 3.8) is 0 Å². The Morgan fingerprint density at radius 2 is 2.22 bits per heavy atom. The molecule has 0 spiro atoms. The fourth-order valence-electron chi connectivity index (χ4n) is 3.11. The molecular weight excluding hydrogens is 296 g/mol. The summed E-state index contributed by atoms with van der Waals surface area (Å²) in [6.45, 7) is 5.58. The summed E-state index contributed by atoms with van der Waals surface area (Å²) in [7, 11) is 1.65. The molecule has 2 heterocycles. The van der Waals surface area contributed by atoms with Crippen LogP contribution >= 0.6 is 0 Å². The Labute approximate surface area is 135 Å². The van der Waals surface area contributed by atoms with Crippen LogP contribution in [0.4, 0.5) is 5.69 Å². The number of nitrogens with one attached hydrogen (secondary N) is 2. The van der Waals surface area contributed by atoms with E-state index in [1.54, 1.807) is 7.11 Å². The summed E-state index contributed by atoms with van der Waals surface area (Å²) >= 11 is 0. The standard InChI is InChI=1S/C17H22N2O4/c1-4-23-17(20)12-7-18-14-8-22-9-19-13-6-15(21-3)10(2)5-11(13)16(12)14/h5-6,12,18-19H,4,7-9H2,1-3H3. The summed E-state index contributed by atoms with van der Waals surface area (Å²) in [6, 6.07) is 4.01. The van der Waals surface area contributed by atoms with Crippen LogP contribution < -0.4 is 15.4 Å². The number of methoxy groups -OCH3 is 1. The molecule has 0 aromatic heterocycles. The number of carbonyl (C=O) groups excluding carboxylic acids is 1. The first-order chi connectivity index (χ1) is 11.2. The first kappa shape index (κ1) is 15.7. The molecule has 6 nitrogen and oxygen atoms in total. The zero-order valence-corrected chi connectivity index (χ0v) is 13.7. The maximum absolute atomic E-state index is 12.3. The van der Waals surface area contributed by atoms with Crippen LogP contribution in [0.2, 0.25) is 0 Å². The second-order valence-corrected chi connectivity index (χ2v) is 5.61. The summed E-state index contributed by atoms with van der Waals surface area (Å²) in [5.41, 5.74) is 4.84. The van der Waals surface area contributed by atoms with Gasteiger partial charge in [-0.25, -0.2) is 0 Å². The van der Waals surface area contributed by atoms with E-state index in [2.05, 4.69) is 16.7 Å². The van der Waals surface area contributed by atoms with Crippen molar-refractivity contribution in [1.82, 2.24) is 5.32 Å². The van der Waals surface area contributed by atoms with Crippen molar-refractivity contribution in [1.29, 1.82) is 0 Å². The van der Waals surface area contributed by atoms with E-state index in [1.807, 2.05) is 19.9 Å². The maximum atomic E-state index is 12.3. The number of benzene rings is 1. The van der Waals surface area contributed by atoms with Gasteiger partial charge in [-0.05, 0) is 31.1 Å². The third-order valence-electron chi connectivity index (χ3n) is 4.20. The highest BCUT2D eigenvalue weighted by molar-refractivity contribution is 5.94. The van der Waals surface area contributed by atoms with E-state index in [1.165, 1.54) is 0 Å². The fraction of sp³-hybridized carbons (Fsp3) is 0.471. The summed E-state index contributed by atoms with van der Waals surface area (Å²) in [5, 5.41) is 6.55. The Bertz CT molecular complexity index is 654. The van der Waals surface area contributed by atoms with Gasteiger partial charge in [-0.1, -0.05) is 0 Å². The van der Waals surface area contributed by atoms with Gasteiger partial charge in [-0.15, -0.1) is 0 Å². The predicted octanol–water partition coefficient (Wildman–Crippen LogP) is 1.90. The minimum Gasteiger partial charge on any atom is -0.496 e. The lowest BCUT2D eigenvalue weighted by atomic mass is 9.90. The summed E-state index contributed by atoms with van der Waals surface area (Å²) < 4.78 is 16.3. The molecule has 0 fully saturated rings. The number of esters is 1. The average molecular weight is 318 g/mol. The molecule has 0 bridgehead atoms. The highest BCUT2D eigenvalue weighted by atomic mass is 16.5. The maximum Gasteiger partial charge on any atom is 0.315 e. The monoisotopic (exact) mass is 318 g/mol. The minimum atomic E-state index is -0.319. The van der Waals surface area contributed by atoms with E-state index in [-0.39, 0.29) is 11.9 Å². The quantitative estimate of drug-likeness (QED) is 0.830. The van der Waals surface area contributed by atoms with Crippen LogP contribution in [0.5, 0.6) is 5.75 Å². The lowest BCUT2D eigenvalue weighted by Crippen LogP contribution is -2.23. The molecule has 0 saturated carbocycles. The largest absolute Gasteiger partial charge is 0.496 e. The van der Waals surface area contributed by atoms with Gasteiger partial charge in [0.1, 0.15) is 18.4 Å². The van der Waals surface area contributed by atoms with E-state index < -0.39 is 0 Å². The van der Waals surface area contributed by atoms with Crippen molar-refractivity contribution in [2.75, 3.05) is 38.9 Å². The van der Waals surface area contributed by atoms with Crippen LogP contribution in [-0.4, -0.2) is 39.6 Å². The molecule has 2 aliphatic rings. The highest BCUT2D eigenvalue weighted by Crippen LogP contribution is 2.39. The summed E-state index contributed by atoms with van der Waals surface area (Å²) in [6.07, 6.45) is 0. The molecule has 0 radical (unpaired) electrons. The molecule has 0 amide bonds. The molecule has 1 aromatic carbocycles. The van der Waals surface area contributed by atoms with Crippen molar-refractivity contribution >= 4 is 17.2 Å². The Hall–Kier alpha value is -2.21. The van der Waals surface area contributed by atoms with E-state index in [9.17, 15) is 4.79 Å². The Balaban J connectivity index is 2.10. The number of fused-ring (bicyclic) bond motifs is 2. The number of carbonyl (C=O) groups is 1. The number of aryl methyl sites for hydroxylation is 1. The first-order valence-corrected chi connectivity index (χ1v) is 7.79. The first-order valence-electron chi connectivity index (χ1n) is 7.79. The zero-order valence-electron chi connectivity index (χ0n) is 13.7. The lowest BCUT2D eigenvalue weighted by molar-refractivity contribution is -0.145. The van der Waals surface area contributed by atoms with Gasteiger partial charge in [0, 0.05) is 29.6 Å². The van der Waals surface area contributed by atoms with E-state index in [4.69, 9.17) is 14.2 Å². The number of ether oxygens (including phenoxy) is 3. The highest BCUT2D eigenvalue weighted by Gasteiger charge is 2.35. The fourth-order valence-corrected chi connectivity index (χ4v) is 3.11. The SMILES string of the molecule is CCOC(=O)C1CNC2=C1c1cc(C)c(OC)cc1NCOC2. The van der Waals surface area contributed by atoms with Crippen molar-refractivity contribution in [2.24, 2.45) is 5.92 Å². The van der Waals surface area contributed by atoms with Crippen LogP contribution in [-0.2, 0) is 14.3 Å². The molecule has 1 aromatic rings. The minimum absolute atomic E-state index is 0.204. The number of hydrogen-bond acceptors (Lipinski definition) is 6. The molecule has 3 rings (SSSR count). The second-order valence-electron chi connectivity index (χ2n) is 5.61. The number of anilines is 1. The predicted molar refractivity (Wildman–Crippen MR) is 87.2 cm³/mol. The molecule has 0 aliphatic carbocycles. The molecule has 0 saturated heterocycles. The molecule has 2 aliphatic heterocycles. The van der Waals surface area contributed by atoms with Crippen LogP contribution in [0.15, 0.2) is 17.8 Å². The van der Waals surface area contributed by atoms with Gasteiger partial charge in [-0.3, -0.25) is 4.79 Å². The van der Waals surface area contributed by atoms with Crippen molar-refractivity contribution in [2.45, 2.75) is 13.8 Å². The van der Waals surface area contributed by atoms with Crippen LogP contribution in [0.25, 0.3) is 5.57 Å². The van der Waals surface area contributed by atoms with Gasteiger partial charge in [0.15, 0.2) is 0 Å². The number of hydrogen-bond donors (Lipinski definition) is 2. The molecule has 1 atom stereocenters. The molecule has 2 N–H and O–H groups in total. The summed E-state index contributed by atoms with van der Waals surface area (Å²) in [5.74, 6) is 0.280. The van der Waals surface area contributed by atoms with E-state index >= 15 is 0 Å². The van der Waals surface area contributed by atoms with E-state index in [0.717, 1.165) is 33.8 Å². The van der Waals surface area contributed by atoms with Crippen molar-refractivity contribution in [3.8, 4) is 5.75 Å². The van der Waals surface area contributed by atoms with Gasteiger partial charge in [-0.2, -0.15) is 0 Å². The normalized spacial score (nSPS) is 19.7. The summed E-state index contributed by atoms with van der Waals surface area (Å²) in [4.78, 5) is 12.3. The van der Waals surface area contributed by atoms with Crippen LogP contribution in [0.3, 0.4) is 0 Å². The molecule has 6 heteroatoms. The Morgan fingerprint density at radius 1 is 1.39 bits per heavy atom. The van der Waals surface area contributed by atoms with Gasteiger partial charge in [0.05, 0.1) is 20.3 Å². The van der Waals surface area contributed by atoms with Gasteiger partial charge in [0.25, 0.3) is 0 Å². The molecular formula is C17H22N2O4. The number of rotatable bonds is 3. The van der Waals surface area contributed by atoms with Crippen LogP contribution in [0, 0.1) is 12.8 Å². The van der Waals surface area contributed by atoms with Gasteiger partial charge in [0.2, 0.25) is 0 Å². The smallest absolute Gasteiger partial charge is 0.315 e. The zero-order chi connectivity index (χ0) is 16.4. The lowest BCUT2D eigenvalue weighted by Gasteiger charge is -2.22. The average Bonchev–Trinajstić information content (AvgIpc) is 2.93. The third-order valence-corrected chi connectivity index (χ3v) is 4.20. The van der Waals surface area contributed by atoms with Crippen LogP contribution in [0.1, 0.15) is 18.1 Å². The molecule has 23 heavy (non-hydrogen) atoms. The van der Waals surface area contributed by atoms with Gasteiger partial charge < -0.3 is 24.8 Å².